The van der Waals surface area contributed by atoms with Crippen LogP contribution in [0.3, 0.4) is 0 Å². The fourth-order valence-electron chi connectivity index (χ4n) is 10.3. The van der Waals surface area contributed by atoms with Gasteiger partial charge in [0, 0.05) is 31.6 Å². The molecule has 4 fully saturated rings. The van der Waals surface area contributed by atoms with E-state index in [9.17, 15) is 33.1 Å². The van der Waals surface area contributed by atoms with Crippen molar-refractivity contribution in [2.45, 2.75) is 110 Å². The Morgan fingerprint density at radius 1 is 1.02 bits per heavy atom. The molecule has 244 valence electrons. The van der Waals surface area contributed by atoms with Crippen molar-refractivity contribution in [2.75, 3.05) is 39.5 Å². The average Bonchev–Trinajstić information content (AvgIpc) is 3.24. The minimum absolute atomic E-state index is 0.0368. The molecule has 0 saturated heterocycles. The first-order valence-electron chi connectivity index (χ1n) is 16.5. The van der Waals surface area contributed by atoms with Gasteiger partial charge < -0.3 is 29.7 Å². The zero-order chi connectivity index (χ0) is 31.1. The van der Waals surface area contributed by atoms with Gasteiger partial charge >= 0.3 is 0 Å². The van der Waals surface area contributed by atoms with Gasteiger partial charge in [-0.2, -0.15) is 0 Å². The second-order valence-corrected chi connectivity index (χ2v) is 17.3. The molecule has 4 saturated carbocycles. The normalized spacial score (nSPS) is 41.0. The number of rotatable bonds is 12. The molecule has 4 N–H and O–H groups in total. The molecular formula is C32H58N2O7S. The van der Waals surface area contributed by atoms with Crippen LogP contribution in [0, 0.1) is 46.3 Å². The maximum absolute atomic E-state index is 12.7. The summed E-state index contributed by atoms with van der Waals surface area (Å²) in [6, 6.07) is 0. The van der Waals surface area contributed by atoms with Crippen molar-refractivity contribution in [3.8, 4) is 0 Å². The molecule has 0 aromatic rings. The van der Waals surface area contributed by atoms with Crippen molar-refractivity contribution in [1.82, 2.24) is 5.32 Å². The maximum Gasteiger partial charge on any atom is 0.220 e. The molecule has 0 bridgehead atoms. The third-order valence-electron chi connectivity index (χ3n) is 12.8. The Balaban J connectivity index is 1.27. The van der Waals surface area contributed by atoms with Crippen LogP contribution in [0.2, 0.25) is 0 Å². The number of nitrogens with one attached hydrogen (secondary N) is 1. The molecule has 0 aromatic heterocycles. The number of hydrogen-bond acceptors (Lipinski definition) is 7. The van der Waals surface area contributed by atoms with Crippen LogP contribution in [-0.4, -0.2) is 96.5 Å². The van der Waals surface area contributed by atoms with E-state index in [1.54, 1.807) is 0 Å². The SMILES string of the molecule is CC(CCC(=O)NCCC[N+](C)(C)CCCS(=O)(=O)[O-])C1CCC2C3C(O)CC4CC(O)CCC4(C)C3CC(O)C12C. The van der Waals surface area contributed by atoms with Crippen LogP contribution in [0.25, 0.3) is 0 Å². The molecule has 42 heavy (non-hydrogen) atoms. The Labute approximate surface area is 254 Å². The third-order valence-corrected chi connectivity index (χ3v) is 13.6. The van der Waals surface area contributed by atoms with Gasteiger partial charge in [0.2, 0.25) is 5.91 Å². The van der Waals surface area contributed by atoms with E-state index in [2.05, 4.69) is 26.1 Å². The predicted molar refractivity (Wildman–Crippen MR) is 161 cm³/mol. The first kappa shape index (κ1) is 34.1. The number of aliphatic hydroxyl groups excluding tert-OH is 3. The average molecular weight is 615 g/mol. The number of nitrogens with zero attached hydrogens (tertiary/aromatic N) is 1. The maximum atomic E-state index is 12.7. The van der Waals surface area contributed by atoms with Crippen LogP contribution in [0.5, 0.6) is 0 Å². The molecule has 4 rings (SSSR count). The summed E-state index contributed by atoms with van der Waals surface area (Å²) in [5, 5.41) is 36.6. The second kappa shape index (κ2) is 12.9. The molecule has 0 heterocycles. The molecule has 0 aromatic carbocycles. The van der Waals surface area contributed by atoms with Crippen molar-refractivity contribution in [2.24, 2.45) is 46.3 Å². The largest absolute Gasteiger partial charge is 0.748 e. The van der Waals surface area contributed by atoms with Crippen molar-refractivity contribution in [1.29, 1.82) is 0 Å². The number of fused-ring (bicyclic) bond motifs is 5. The monoisotopic (exact) mass is 614 g/mol. The van der Waals surface area contributed by atoms with Gasteiger partial charge in [-0.1, -0.05) is 20.8 Å². The number of hydrogen-bond donors (Lipinski definition) is 4. The van der Waals surface area contributed by atoms with Gasteiger partial charge in [-0.15, -0.1) is 0 Å². The molecule has 0 spiro atoms. The van der Waals surface area contributed by atoms with Crippen LogP contribution in [-0.2, 0) is 14.9 Å². The van der Waals surface area contributed by atoms with E-state index in [1.165, 1.54) is 0 Å². The van der Waals surface area contributed by atoms with E-state index in [1.807, 2.05) is 14.1 Å². The Morgan fingerprint density at radius 2 is 1.71 bits per heavy atom. The lowest BCUT2D eigenvalue weighted by molar-refractivity contribution is -0.890. The van der Waals surface area contributed by atoms with Crippen LogP contribution >= 0.6 is 0 Å². The first-order valence-corrected chi connectivity index (χ1v) is 18.1. The molecule has 0 aliphatic heterocycles. The molecule has 4 aliphatic carbocycles. The van der Waals surface area contributed by atoms with Crippen LogP contribution in [0.15, 0.2) is 0 Å². The van der Waals surface area contributed by atoms with E-state index >= 15 is 0 Å². The molecule has 0 radical (unpaired) electrons. The van der Waals surface area contributed by atoms with E-state index < -0.39 is 16.2 Å². The van der Waals surface area contributed by atoms with Crippen LogP contribution in [0.1, 0.15) is 91.4 Å². The fraction of sp³-hybridized carbons (Fsp3) is 0.969. The van der Waals surface area contributed by atoms with Gasteiger partial charge in [0.25, 0.3) is 0 Å². The molecule has 11 unspecified atom stereocenters. The minimum atomic E-state index is -4.18. The number of amides is 1. The lowest BCUT2D eigenvalue weighted by Crippen LogP contribution is -2.62. The third kappa shape index (κ3) is 7.20. The van der Waals surface area contributed by atoms with Gasteiger partial charge in [0.1, 0.15) is 0 Å². The Bertz CT molecular complexity index is 1050. The lowest BCUT2D eigenvalue weighted by Gasteiger charge is -2.63. The van der Waals surface area contributed by atoms with Crippen molar-refractivity contribution < 1.29 is 37.6 Å². The number of quaternary nitrogens is 1. The Kier molecular flexibility index (Phi) is 10.5. The number of carbonyl (C=O) groups is 1. The van der Waals surface area contributed by atoms with Gasteiger partial charge in [0.05, 0.1) is 55.6 Å². The summed E-state index contributed by atoms with van der Waals surface area (Å²) in [5.74, 6) is 1.38. The highest BCUT2D eigenvalue weighted by Gasteiger charge is 2.65. The zero-order valence-electron chi connectivity index (χ0n) is 26.6. The summed E-state index contributed by atoms with van der Waals surface area (Å²) in [7, 11) is -0.177. The summed E-state index contributed by atoms with van der Waals surface area (Å²) in [4.78, 5) is 12.7. The molecule has 9 nitrogen and oxygen atoms in total. The van der Waals surface area contributed by atoms with Crippen molar-refractivity contribution >= 4 is 16.0 Å². The van der Waals surface area contributed by atoms with E-state index in [4.69, 9.17) is 0 Å². The Hall–Kier alpha value is -0.780. The van der Waals surface area contributed by atoms with Crippen molar-refractivity contribution in [3.63, 3.8) is 0 Å². The molecule has 1 amide bonds. The highest BCUT2D eigenvalue weighted by atomic mass is 32.2. The molecule has 10 heteroatoms. The second-order valence-electron chi connectivity index (χ2n) is 15.7. The van der Waals surface area contributed by atoms with Gasteiger partial charge in [-0.3, -0.25) is 4.79 Å². The smallest absolute Gasteiger partial charge is 0.220 e. The highest BCUT2D eigenvalue weighted by molar-refractivity contribution is 7.85. The quantitative estimate of drug-likeness (QED) is 0.150. The van der Waals surface area contributed by atoms with Crippen LogP contribution < -0.4 is 5.32 Å². The summed E-state index contributed by atoms with van der Waals surface area (Å²) in [6.07, 6.45) is 7.35. The van der Waals surface area contributed by atoms with Crippen molar-refractivity contribution in [3.05, 3.63) is 0 Å². The van der Waals surface area contributed by atoms with E-state index in [0.29, 0.717) is 48.2 Å². The minimum Gasteiger partial charge on any atom is -0.748 e. The summed E-state index contributed by atoms with van der Waals surface area (Å²) in [5.41, 5.74) is -0.191. The Morgan fingerprint density at radius 3 is 2.40 bits per heavy atom. The molecular weight excluding hydrogens is 556 g/mol. The number of aliphatic hydroxyl groups is 3. The summed E-state index contributed by atoms with van der Waals surface area (Å²) >= 11 is 0. The van der Waals surface area contributed by atoms with Gasteiger partial charge in [0.15, 0.2) is 0 Å². The standard InChI is InChI=1S/C32H58N2O7S/c1-21(8-11-29(38)33-14-6-15-34(4,5)16-7-17-42(39,40)41)24-9-10-25-30-26(20-28(37)32(24,25)3)31(2)13-12-23(35)18-22(31)19-27(30)36/h21-28,30,35-37H,6-20H2,1-5H3,(H-,33,38,39,40,41). The predicted octanol–water partition coefficient (Wildman–Crippen LogP) is 2.88. The van der Waals surface area contributed by atoms with E-state index in [0.717, 1.165) is 64.3 Å². The number of carbonyl (C=O) groups excluding carboxylic acids is 1. The molecule has 4 aliphatic rings. The highest BCUT2D eigenvalue weighted by Crippen LogP contribution is 2.68. The summed E-state index contributed by atoms with van der Waals surface area (Å²) in [6.45, 7) is 8.78. The zero-order valence-corrected chi connectivity index (χ0v) is 27.4. The van der Waals surface area contributed by atoms with E-state index in [-0.39, 0.29) is 52.5 Å². The topological polar surface area (TPSA) is 147 Å². The first-order chi connectivity index (χ1) is 19.5. The lowest BCUT2D eigenvalue weighted by atomic mass is 9.43. The molecule has 11 atom stereocenters. The van der Waals surface area contributed by atoms with Gasteiger partial charge in [-0.25, -0.2) is 8.42 Å². The van der Waals surface area contributed by atoms with Crippen LogP contribution in [0.4, 0.5) is 0 Å². The fourth-order valence-corrected chi connectivity index (χ4v) is 10.8. The van der Waals surface area contributed by atoms with Gasteiger partial charge in [-0.05, 0) is 97.7 Å². The summed E-state index contributed by atoms with van der Waals surface area (Å²) < 4.78 is 33.1.